The number of nitrogens with zero attached hydrogens (tertiary/aromatic N) is 4. The summed E-state index contributed by atoms with van der Waals surface area (Å²) in [6.07, 6.45) is 14.4. The molecule has 5 fully saturated rings. The summed E-state index contributed by atoms with van der Waals surface area (Å²) >= 11 is 0. The number of rotatable bonds is 5. The molecule has 2 atom stereocenters. The van der Waals surface area contributed by atoms with Crippen molar-refractivity contribution in [2.75, 3.05) is 13.1 Å². The number of hydrogen-bond donors (Lipinski definition) is 1. The van der Waals surface area contributed by atoms with E-state index in [4.69, 9.17) is 0 Å². The van der Waals surface area contributed by atoms with E-state index in [0.717, 1.165) is 57.9 Å². The van der Waals surface area contributed by atoms with Crippen molar-refractivity contribution in [3.63, 3.8) is 0 Å². The van der Waals surface area contributed by atoms with Crippen LogP contribution in [0, 0.1) is 11.8 Å². The third kappa shape index (κ3) is 3.22. The van der Waals surface area contributed by atoms with Crippen molar-refractivity contribution < 1.29 is 9.59 Å². The molecular weight excluding hydrogens is 354 g/mol. The van der Waals surface area contributed by atoms with Crippen molar-refractivity contribution >= 4 is 11.8 Å². The fraction of sp³-hybridized carbons (Fsp3) is 0.810. The average molecular weight is 386 g/mol. The molecule has 0 spiro atoms. The van der Waals surface area contributed by atoms with Gasteiger partial charge in [0.05, 0.1) is 5.54 Å². The molecule has 1 aliphatic heterocycles. The Labute approximate surface area is 166 Å². The highest BCUT2D eigenvalue weighted by molar-refractivity contribution is 5.79. The minimum Gasteiger partial charge on any atom is -0.350 e. The molecule has 5 aliphatic rings. The number of amides is 2. The second-order valence-corrected chi connectivity index (χ2v) is 9.80. The number of aromatic nitrogens is 3. The Bertz CT molecular complexity index is 732. The fourth-order valence-corrected chi connectivity index (χ4v) is 6.95. The van der Waals surface area contributed by atoms with E-state index < -0.39 is 0 Å². The Hall–Kier alpha value is -1.92. The molecule has 4 saturated carbocycles. The van der Waals surface area contributed by atoms with Crippen LogP contribution in [0.1, 0.15) is 70.6 Å². The van der Waals surface area contributed by atoms with Gasteiger partial charge in [-0.05, 0) is 63.2 Å². The van der Waals surface area contributed by atoms with Crippen molar-refractivity contribution in [3.8, 4) is 0 Å². The second-order valence-electron chi connectivity index (χ2n) is 9.80. The van der Waals surface area contributed by atoms with Crippen LogP contribution in [-0.2, 0) is 15.1 Å². The predicted molar refractivity (Wildman–Crippen MR) is 103 cm³/mol. The summed E-state index contributed by atoms with van der Waals surface area (Å²) in [7, 11) is 0. The first-order valence-corrected chi connectivity index (χ1v) is 11.0. The molecule has 0 aromatic carbocycles. The van der Waals surface area contributed by atoms with Gasteiger partial charge in [-0.25, -0.2) is 9.67 Å². The molecule has 2 heterocycles. The van der Waals surface area contributed by atoms with Crippen LogP contribution in [0.2, 0.25) is 0 Å². The van der Waals surface area contributed by atoms with E-state index in [9.17, 15) is 9.59 Å². The third-order valence-electron chi connectivity index (χ3n) is 7.62. The molecule has 7 nitrogen and oxygen atoms in total. The standard InChI is InChI=1S/C21H31N5O2/c27-18(5-7-25-6-3-1-2-4-19(25)28)24-20-9-16-8-17(10-20)12-21(11-16,13-20)26-15-22-14-23-26/h14-17H,1-13H2,(H,24,27). The van der Waals surface area contributed by atoms with E-state index >= 15 is 0 Å². The van der Waals surface area contributed by atoms with Crippen LogP contribution in [0.5, 0.6) is 0 Å². The fourth-order valence-electron chi connectivity index (χ4n) is 6.95. The summed E-state index contributed by atoms with van der Waals surface area (Å²) in [5, 5.41) is 7.92. The summed E-state index contributed by atoms with van der Waals surface area (Å²) in [6, 6.07) is 0. The molecule has 2 unspecified atom stereocenters. The van der Waals surface area contributed by atoms with Gasteiger partial charge in [-0.15, -0.1) is 0 Å². The molecule has 2 amide bonds. The quantitative estimate of drug-likeness (QED) is 0.843. The van der Waals surface area contributed by atoms with Gasteiger partial charge in [0.15, 0.2) is 0 Å². The zero-order chi connectivity index (χ0) is 19.2. The minimum absolute atomic E-state index is 0.0224. The summed E-state index contributed by atoms with van der Waals surface area (Å²) in [6.45, 7) is 1.36. The van der Waals surface area contributed by atoms with E-state index in [0.29, 0.717) is 31.2 Å². The zero-order valence-electron chi connectivity index (χ0n) is 16.6. The van der Waals surface area contributed by atoms with Crippen molar-refractivity contribution in [1.82, 2.24) is 25.0 Å². The SMILES string of the molecule is O=C(CCN1CCCCCC1=O)NC12CC3CC(C1)CC(n1cncn1)(C3)C2. The van der Waals surface area contributed by atoms with Crippen LogP contribution in [-0.4, -0.2) is 50.1 Å². The molecule has 4 aliphatic carbocycles. The van der Waals surface area contributed by atoms with E-state index in [1.165, 1.54) is 6.42 Å². The molecule has 1 N–H and O–H groups in total. The van der Waals surface area contributed by atoms with Crippen molar-refractivity contribution in [1.29, 1.82) is 0 Å². The Morgan fingerprint density at radius 2 is 2.00 bits per heavy atom. The van der Waals surface area contributed by atoms with Gasteiger partial charge in [0.1, 0.15) is 12.7 Å². The minimum atomic E-state index is -0.101. The smallest absolute Gasteiger partial charge is 0.222 e. The molecular formula is C21H31N5O2. The lowest BCUT2D eigenvalue weighted by molar-refractivity contribution is -0.133. The van der Waals surface area contributed by atoms with Gasteiger partial charge in [-0.2, -0.15) is 5.10 Å². The van der Waals surface area contributed by atoms with Gasteiger partial charge < -0.3 is 10.2 Å². The Morgan fingerprint density at radius 3 is 2.75 bits per heavy atom. The number of nitrogens with one attached hydrogen (secondary N) is 1. The maximum atomic E-state index is 12.9. The summed E-state index contributed by atoms with van der Waals surface area (Å²) in [5.41, 5.74) is -0.0788. The number of hydrogen-bond acceptors (Lipinski definition) is 4. The lowest BCUT2D eigenvalue weighted by Gasteiger charge is -2.61. The first kappa shape index (κ1) is 18.1. The maximum Gasteiger partial charge on any atom is 0.222 e. The van der Waals surface area contributed by atoms with Crippen LogP contribution >= 0.6 is 0 Å². The Kier molecular flexibility index (Phi) is 4.43. The molecule has 6 rings (SSSR count). The largest absolute Gasteiger partial charge is 0.350 e. The first-order valence-electron chi connectivity index (χ1n) is 11.0. The van der Waals surface area contributed by atoms with Gasteiger partial charge in [-0.3, -0.25) is 9.59 Å². The first-order chi connectivity index (χ1) is 13.6. The van der Waals surface area contributed by atoms with Gasteiger partial charge in [0.2, 0.25) is 11.8 Å². The number of likely N-dealkylation sites (tertiary alicyclic amines) is 1. The van der Waals surface area contributed by atoms with Gasteiger partial charge in [0, 0.05) is 31.5 Å². The molecule has 0 radical (unpaired) electrons. The van der Waals surface area contributed by atoms with Crippen LogP contribution < -0.4 is 5.32 Å². The topological polar surface area (TPSA) is 80.1 Å². The highest BCUT2D eigenvalue weighted by Gasteiger charge is 2.59. The van der Waals surface area contributed by atoms with Crippen LogP contribution in [0.15, 0.2) is 12.7 Å². The summed E-state index contributed by atoms with van der Waals surface area (Å²) < 4.78 is 2.07. The Morgan fingerprint density at radius 1 is 1.18 bits per heavy atom. The lowest BCUT2D eigenvalue weighted by atomic mass is 9.50. The monoisotopic (exact) mass is 385 g/mol. The van der Waals surface area contributed by atoms with Gasteiger partial charge in [0.25, 0.3) is 0 Å². The average Bonchev–Trinajstić information content (AvgIpc) is 3.10. The van der Waals surface area contributed by atoms with Gasteiger partial charge in [-0.1, -0.05) is 6.42 Å². The van der Waals surface area contributed by atoms with Crippen molar-refractivity contribution in [2.24, 2.45) is 11.8 Å². The molecule has 1 aromatic heterocycles. The molecule has 7 heteroatoms. The molecule has 152 valence electrons. The summed E-state index contributed by atoms with van der Waals surface area (Å²) in [5.74, 6) is 1.65. The lowest BCUT2D eigenvalue weighted by Crippen LogP contribution is -2.66. The predicted octanol–water partition coefficient (Wildman–Crippen LogP) is 2.23. The van der Waals surface area contributed by atoms with Crippen LogP contribution in [0.4, 0.5) is 0 Å². The number of carbonyl (C=O) groups is 2. The van der Waals surface area contributed by atoms with Crippen LogP contribution in [0.3, 0.4) is 0 Å². The normalized spacial score (nSPS) is 37.1. The van der Waals surface area contributed by atoms with Gasteiger partial charge >= 0.3 is 0 Å². The molecule has 4 bridgehead atoms. The molecule has 1 saturated heterocycles. The highest BCUT2D eigenvalue weighted by Crippen LogP contribution is 2.60. The maximum absolute atomic E-state index is 12.9. The molecule has 1 aromatic rings. The highest BCUT2D eigenvalue weighted by atomic mass is 16.2. The van der Waals surface area contributed by atoms with E-state index in [1.807, 2.05) is 11.2 Å². The van der Waals surface area contributed by atoms with Crippen molar-refractivity contribution in [3.05, 3.63) is 12.7 Å². The van der Waals surface area contributed by atoms with E-state index in [2.05, 4.69) is 20.1 Å². The second kappa shape index (κ2) is 6.85. The number of carbonyl (C=O) groups excluding carboxylic acids is 2. The molecule has 28 heavy (non-hydrogen) atoms. The third-order valence-corrected chi connectivity index (χ3v) is 7.62. The van der Waals surface area contributed by atoms with E-state index in [1.54, 1.807) is 6.33 Å². The zero-order valence-corrected chi connectivity index (χ0v) is 16.6. The summed E-state index contributed by atoms with van der Waals surface area (Å²) in [4.78, 5) is 31.1. The van der Waals surface area contributed by atoms with Crippen LogP contribution in [0.25, 0.3) is 0 Å². The van der Waals surface area contributed by atoms with E-state index in [-0.39, 0.29) is 22.9 Å². The van der Waals surface area contributed by atoms with Crippen molar-refractivity contribution in [2.45, 2.75) is 81.7 Å². The Balaban J connectivity index is 1.26.